The fraction of sp³-hybridized carbons (Fsp3) is 0.667. The molecule has 1 atom stereocenters. The minimum absolute atomic E-state index is 0.241. The molecule has 0 bridgehead atoms. The van der Waals surface area contributed by atoms with Crippen molar-refractivity contribution in [2.45, 2.75) is 52.7 Å². The average Bonchev–Trinajstić information content (AvgIpc) is 2.74. The summed E-state index contributed by atoms with van der Waals surface area (Å²) in [4.78, 5) is 35.4. The number of cyclic esters (lactones) is 1. The lowest BCUT2D eigenvalue weighted by Crippen LogP contribution is -2.50. The zero-order valence-electron chi connectivity index (χ0n) is 13.1. The first-order chi connectivity index (χ1) is 9.49. The molecular formula is C15H22O6. The smallest absolute Gasteiger partial charge is 0.347 e. The van der Waals surface area contributed by atoms with E-state index in [0.29, 0.717) is 6.42 Å². The van der Waals surface area contributed by atoms with Gasteiger partial charge in [0.1, 0.15) is 11.0 Å². The molecule has 1 fully saturated rings. The first-order valence-electron chi connectivity index (χ1n) is 6.75. The van der Waals surface area contributed by atoms with Crippen LogP contribution in [0, 0.1) is 5.41 Å². The molecule has 1 heterocycles. The molecule has 0 saturated carbocycles. The van der Waals surface area contributed by atoms with Crippen LogP contribution in [-0.2, 0) is 28.6 Å². The maximum absolute atomic E-state index is 12.3. The van der Waals surface area contributed by atoms with E-state index in [1.54, 1.807) is 27.7 Å². The lowest BCUT2D eigenvalue weighted by molar-refractivity contribution is -0.186. The zero-order chi connectivity index (χ0) is 16.4. The van der Waals surface area contributed by atoms with Crippen molar-refractivity contribution in [1.29, 1.82) is 0 Å². The van der Waals surface area contributed by atoms with E-state index < -0.39 is 35.0 Å². The monoisotopic (exact) mass is 298 g/mol. The minimum atomic E-state index is -1.14. The Morgan fingerprint density at radius 1 is 1.29 bits per heavy atom. The van der Waals surface area contributed by atoms with Gasteiger partial charge in [-0.2, -0.15) is 0 Å². The van der Waals surface area contributed by atoms with E-state index in [9.17, 15) is 14.4 Å². The number of carbonyl (C=O) groups excluding carboxylic acids is 3. The molecule has 1 aliphatic heterocycles. The molecule has 0 aromatic heterocycles. The van der Waals surface area contributed by atoms with Gasteiger partial charge in [-0.15, -0.1) is 0 Å². The fourth-order valence-electron chi connectivity index (χ4n) is 1.55. The van der Waals surface area contributed by atoms with E-state index in [2.05, 4.69) is 6.58 Å². The Balaban J connectivity index is 2.81. The molecule has 6 nitrogen and oxygen atoms in total. The summed E-state index contributed by atoms with van der Waals surface area (Å²) in [5.41, 5.74) is -2.02. The lowest BCUT2D eigenvalue weighted by Gasteiger charge is -2.38. The molecule has 21 heavy (non-hydrogen) atoms. The van der Waals surface area contributed by atoms with Gasteiger partial charge in [-0.1, -0.05) is 6.58 Å². The Morgan fingerprint density at radius 3 is 2.29 bits per heavy atom. The standard InChI is InChI=1S/C15H22O6/c1-9(2)11(16)21-15(5,6)14(3,4)13(18)20-10-7-8-19-12(10)17/h10H,1,7-8H2,2-6H3. The van der Waals surface area contributed by atoms with Crippen molar-refractivity contribution in [3.05, 3.63) is 12.2 Å². The Kier molecular flexibility index (Phi) is 4.81. The third-order valence-corrected chi connectivity index (χ3v) is 3.85. The highest BCUT2D eigenvalue weighted by molar-refractivity contribution is 5.88. The molecule has 118 valence electrons. The third kappa shape index (κ3) is 3.62. The molecule has 0 aromatic carbocycles. The zero-order valence-corrected chi connectivity index (χ0v) is 13.1. The molecule has 0 aliphatic carbocycles. The van der Waals surface area contributed by atoms with E-state index in [4.69, 9.17) is 14.2 Å². The molecule has 1 unspecified atom stereocenters. The Bertz CT molecular complexity index is 475. The molecule has 0 radical (unpaired) electrons. The summed E-state index contributed by atoms with van der Waals surface area (Å²) in [7, 11) is 0. The lowest BCUT2D eigenvalue weighted by atomic mass is 9.77. The van der Waals surface area contributed by atoms with E-state index in [1.807, 2.05) is 0 Å². The molecule has 0 spiro atoms. The van der Waals surface area contributed by atoms with Gasteiger partial charge in [0.25, 0.3) is 0 Å². The van der Waals surface area contributed by atoms with Crippen molar-refractivity contribution >= 4 is 17.9 Å². The Labute approximate surface area is 124 Å². The Morgan fingerprint density at radius 2 is 1.86 bits per heavy atom. The van der Waals surface area contributed by atoms with Crippen LogP contribution in [0.2, 0.25) is 0 Å². The summed E-state index contributed by atoms with van der Waals surface area (Å²) < 4.78 is 15.3. The fourth-order valence-corrected chi connectivity index (χ4v) is 1.55. The van der Waals surface area contributed by atoms with Crippen LogP contribution in [0.15, 0.2) is 12.2 Å². The predicted octanol–water partition coefficient (Wildman–Crippen LogP) is 1.77. The van der Waals surface area contributed by atoms with Crippen molar-refractivity contribution < 1.29 is 28.6 Å². The van der Waals surface area contributed by atoms with Gasteiger partial charge >= 0.3 is 17.9 Å². The van der Waals surface area contributed by atoms with Crippen LogP contribution in [0.25, 0.3) is 0 Å². The van der Waals surface area contributed by atoms with E-state index in [-0.39, 0.29) is 12.2 Å². The van der Waals surface area contributed by atoms with Crippen LogP contribution in [0.5, 0.6) is 0 Å². The van der Waals surface area contributed by atoms with Gasteiger partial charge in [-0.25, -0.2) is 9.59 Å². The molecule has 1 saturated heterocycles. The number of esters is 3. The molecule has 0 N–H and O–H groups in total. The SMILES string of the molecule is C=C(C)C(=O)OC(C)(C)C(C)(C)C(=O)OC1CCOC1=O. The Hall–Kier alpha value is -1.85. The number of ether oxygens (including phenoxy) is 3. The summed E-state index contributed by atoms with van der Waals surface area (Å²) in [5.74, 6) is -1.75. The first-order valence-corrected chi connectivity index (χ1v) is 6.75. The summed E-state index contributed by atoms with van der Waals surface area (Å²) in [6, 6.07) is 0. The van der Waals surface area contributed by atoms with Gasteiger partial charge in [0.2, 0.25) is 6.10 Å². The van der Waals surface area contributed by atoms with Crippen molar-refractivity contribution in [2.24, 2.45) is 5.41 Å². The molecule has 1 rings (SSSR count). The summed E-state index contributed by atoms with van der Waals surface area (Å²) in [5, 5.41) is 0. The van der Waals surface area contributed by atoms with Crippen molar-refractivity contribution in [3.63, 3.8) is 0 Å². The normalized spacial score (nSPS) is 18.9. The molecule has 0 amide bonds. The van der Waals surface area contributed by atoms with Gasteiger partial charge in [0.15, 0.2) is 0 Å². The van der Waals surface area contributed by atoms with Crippen LogP contribution in [0.3, 0.4) is 0 Å². The maximum Gasteiger partial charge on any atom is 0.347 e. The van der Waals surface area contributed by atoms with Crippen LogP contribution in [0.4, 0.5) is 0 Å². The highest BCUT2D eigenvalue weighted by Crippen LogP contribution is 2.36. The maximum atomic E-state index is 12.3. The number of rotatable bonds is 5. The summed E-state index contributed by atoms with van der Waals surface area (Å²) >= 11 is 0. The van der Waals surface area contributed by atoms with Gasteiger partial charge in [-0.3, -0.25) is 4.79 Å². The second-order valence-corrected chi connectivity index (χ2v) is 6.16. The molecule has 1 aliphatic rings. The van der Waals surface area contributed by atoms with Crippen molar-refractivity contribution in [2.75, 3.05) is 6.61 Å². The van der Waals surface area contributed by atoms with Crippen LogP contribution >= 0.6 is 0 Å². The van der Waals surface area contributed by atoms with E-state index >= 15 is 0 Å². The molecule has 6 heteroatoms. The number of hydrogen-bond donors (Lipinski definition) is 0. The highest BCUT2D eigenvalue weighted by Gasteiger charge is 2.49. The van der Waals surface area contributed by atoms with Crippen molar-refractivity contribution in [1.82, 2.24) is 0 Å². The topological polar surface area (TPSA) is 78.9 Å². The van der Waals surface area contributed by atoms with Crippen LogP contribution < -0.4 is 0 Å². The predicted molar refractivity (Wildman–Crippen MR) is 74.2 cm³/mol. The van der Waals surface area contributed by atoms with E-state index in [1.165, 1.54) is 6.92 Å². The van der Waals surface area contributed by atoms with Gasteiger partial charge < -0.3 is 14.2 Å². The average molecular weight is 298 g/mol. The largest absolute Gasteiger partial charge is 0.463 e. The quantitative estimate of drug-likeness (QED) is 0.437. The first kappa shape index (κ1) is 17.2. The second kappa shape index (κ2) is 5.87. The van der Waals surface area contributed by atoms with Gasteiger partial charge in [0.05, 0.1) is 6.61 Å². The molecule has 0 aromatic rings. The van der Waals surface area contributed by atoms with Crippen LogP contribution in [-0.4, -0.2) is 36.2 Å². The van der Waals surface area contributed by atoms with Crippen molar-refractivity contribution in [3.8, 4) is 0 Å². The minimum Gasteiger partial charge on any atom is -0.463 e. The number of carbonyl (C=O) groups is 3. The van der Waals surface area contributed by atoms with E-state index in [0.717, 1.165) is 0 Å². The highest BCUT2D eigenvalue weighted by atomic mass is 16.6. The third-order valence-electron chi connectivity index (χ3n) is 3.85. The van der Waals surface area contributed by atoms with Crippen LogP contribution in [0.1, 0.15) is 41.0 Å². The number of hydrogen-bond acceptors (Lipinski definition) is 6. The summed E-state index contributed by atoms with van der Waals surface area (Å²) in [6.07, 6.45) is -0.545. The van der Waals surface area contributed by atoms with Gasteiger partial charge in [-0.05, 0) is 34.6 Å². The second-order valence-electron chi connectivity index (χ2n) is 6.16. The molecular weight excluding hydrogens is 276 g/mol. The summed E-state index contributed by atoms with van der Waals surface area (Å²) in [6.45, 7) is 11.7. The van der Waals surface area contributed by atoms with Gasteiger partial charge in [0, 0.05) is 12.0 Å².